The van der Waals surface area contributed by atoms with Crippen molar-refractivity contribution in [1.29, 1.82) is 0 Å². The molecule has 0 saturated carbocycles. The van der Waals surface area contributed by atoms with E-state index in [2.05, 4.69) is 19.9 Å². The largest absolute Gasteiger partial charge is 0.419 e. The van der Waals surface area contributed by atoms with Gasteiger partial charge in [0.05, 0.1) is 12.3 Å². The van der Waals surface area contributed by atoms with Gasteiger partial charge in [-0.1, -0.05) is 29.8 Å². The van der Waals surface area contributed by atoms with Crippen molar-refractivity contribution in [2.45, 2.75) is 19.2 Å². The van der Waals surface area contributed by atoms with Crippen molar-refractivity contribution >= 4 is 10.0 Å². The minimum atomic E-state index is -3.49. The summed E-state index contributed by atoms with van der Waals surface area (Å²) in [5, 5.41) is 7.75. The third-order valence-electron chi connectivity index (χ3n) is 3.31. The van der Waals surface area contributed by atoms with Gasteiger partial charge >= 0.3 is 0 Å². The maximum atomic E-state index is 12.1. The predicted octanol–water partition coefficient (Wildman–Crippen LogP) is 2.06. The van der Waals surface area contributed by atoms with E-state index in [1.807, 2.05) is 19.1 Å². The molecule has 0 aliphatic rings. The standard InChI is InChI=1S/C16H16N4O3S/c1-12-2-4-13(5-3-12)11-24(21,22)18-10-15-19-20-16(23-15)14-6-8-17-9-7-14/h2-9,18H,10-11H2,1H3. The van der Waals surface area contributed by atoms with E-state index in [9.17, 15) is 8.42 Å². The summed E-state index contributed by atoms with van der Waals surface area (Å²) in [4.78, 5) is 3.91. The van der Waals surface area contributed by atoms with E-state index in [-0.39, 0.29) is 18.2 Å². The highest BCUT2D eigenvalue weighted by atomic mass is 32.2. The molecule has 0 amide bonds. The van der Waals surface area contributed by atoms with Crippen LogP contribution in [0.1, 0.15) is 17.0 Å². The molecule has 3 rings (SSSR count). The zero-order valence-corrected chi connectivity index (χ0v) is 13.8. The normalized spacial score (nSPS) is 11.5. The van der Waals surface area contributed by atoms with Gasteiger partial charge in [-0.2, -0.15) is 0 Å². The van der Waals surface area contributed by atoms with Gasteiger partial charge in [0.15, 0.2) is 0 Å². The fourth-order valence-corrected chi connectivity index (χ4v) is 3.14. The van der Waals surface area contributed by atoms with Crippen LogP contribution in [-0.2, 0) is 22.3 Å². The lowest BCUT2D eigenvalue weighted by molar-refractivity contribution is 0.494. The maximum Gasteiger partial charge on any atom is 0.247 e. The molecule has 0 bridgehead atoms. The number of nitrogens with one attached hydrogen (secondary N) is 1. The van der Waals surface area contributed by atoms with Gasteiger partial charge in [-0.05, 0) is 24.6 Å². The minimum absolute atomic E-state index is 0.0493. The Balaban J connectivity index is 1.63. The van der Waals surface area contributed by atoms with Gasteiger partial charge < -0.3 is 4.42 Å². The van der Waals surface area contributed by atoms with Gasteiger partial charge in [-0.3, -0.25) is 4.98 Å². The van der Waals surface area contributed by atoms with Crippen molar-refractivity contribution in [3.8, 4) is 11.5 Å². The summed E-state index contributed by atoms with van der Waals surface area (Å²) < 4.78 is 32.2. The molecule has 3 aromatic rings. The number of nitrogens with zero attached hydrogens (tertiary/aromatic N) is 3. The zero-order valence-electron chi connectivity index (χ0n) is 13.0. The van der Waals surface area contributed by atoms with Gasteiger partial charge in [-0.25, -0.2) is 13.1 Å². The summed E-state index contributed by atoms with van der Waals surface area (Å²) in [6, 6.07) is 10.8. The molecule has 0 radical (unpaired) electrons. The molecule has 0 aliphatic heterocycles. The number of rotatable bonds is 6. The highest BCUT2D eigenvalue weighted by Crippen LogP contribution is 2.16. The molecule has 8 heteroatoms. The number of aromatic nitrogens is 3. The summed E-state index contributed by atoms with van der Waals surface area (Å²) >= 11 is 0. The first-order valence-electron chi connectivity index (χ1n) is 7.27. The van der Waals surface area contributed by atoms with Gasteiger partial charge in [-0.15, -0.1) is 10.2 Å². The number of hydrogen-bond donors (Lipinski definition) is 1. The Hall–Kier alpha value is -2.58. The Morgan fingerprint density at radius 3 is 2.46 bits per heavy atom. The monoisotopic (exact) mass is 344 g/mol. The van der Waals surface area contributed by atoms with Gasteiger partial charge in [0.1, 0.15) is 0 Å². The third-order valence-corrected chi connectivity index (χ3v) is 4.61. The second kappa shape index (κ2) is 6.90. The number of hydrogen-bond acceptors (Lipinski definition) is 6. The second-order valence-corrected chi connectivity index (χ2v) is 7.11. The van der Waals surface area contributed by atoms with Gasteiger partial charge in [0.25, 0.3) is 0 Å². The molecule has 0 saturated heterocycles. The van der Waals surface area contributed by atoms with Gasteiger partial charge in [0.2, 0.25) is 21.8 Å². The van der Waals surface area contributed by atoms with Crippen LogP contribution in [-0.4, -0.2) is 23.6 Å². The highest BCUT2D eigenvalue weighted by molar-refractivity contribution is 7.88. The van der Waals surface area contributed by atoms with E-state index in [4.69, 9.17) is 4.42 Å². The van der Waals surface area contributed by atoms with Crippen molar-refractivity contribution in [1.82, 2.24) is 19.9 Å². The van der Waals surface area contributed by atoms with E-state index in [1.165, 1.54) is 0 Å². The molecule has 0 spiro atoms. The average Bonchev–Trinajstić information content (AvgIpc) is 3.05. The lowest BCUT2D eigenvalue weighted by atomic mass is 10.2. The summed E-state index contributed by atoms with van der Waals surface area (Å²) in [5.74, 6) is 0.429. The highest BCUT2D eigenvalue weighted by Gasteiger charge is 2.14. The molecular formula is C16H16N4O3S. The fourth-order valence-electron chi connectivity index (χ4n) is 2.06. The molecular weight excluding hydrogens is 328 g/mol. The summed E-state index contributed by atoms with van der Waals surface area (Å²) in [5.41, 5.74) is 2.53. The van der Waals surface area contributed by atoms with Crippen molar-refractivity contribution < 1.29 is 12.8 Å². The van der Waals surface area contributed by atoms with Crippen LogP contribution in [0.15, 0.2) is 53.2 Å². The van der Waals surface area contributed by atoms with E-state index < -0.39 is 10.0 Å². The van der Waals surface area contributed by atoms with E-state index in [0.717, 1.165) is 16.7 Å². The molecule has 2 heterocycles. The first-order valence-corrected chi connectivity index (χ1v) is 8.93. The lowest BCUT2D eigenvalue weighted by Gasteiger charge is -2.05. The van der Waals surface area contributed by atoms with Crippen LogP contribution in [0.5, 0.6) is 0 Å². The van der Waals surface area contributed by atoms with Gasteiger partial charge in [0, 0.05) is 18.0 Å². The zero-order chi connectivity index (χ0) is 17.0. The summed E-state index contributed by atoms with van der Waals surface area (Å²) in [6.45, 7) is 1.90. The Bertz CT molecular complexity index is 906. The SMILES string of the molecule is Cc1ccc(CS(=O)(=O)NCc2nnc(-c3ccncc3)o2)cc1. The average molecular weight is 344 g/mol. The lowest BCUT2D eigenvalue weighted by Crippen LogP contribution is -2.24. The number of benzene rings is 1. The van der Waals surface area contributed by atoms with Crippen LogP contribution in [0.4, 0.5) is 0 Å². The van der Waals surface area contributed by atoms with Crippen molar-refractivity contribution in [3.63, 3.8) is 0 Å². The Kier molecular flexibility index (Phi) is 4.68. The Labute approximate surface area is 139 Å². The summed E-state index contributed by atoms with van der Waals surface area (Å²) in [7, 11) is -3.49. The number of sulfonamides is 1. The molecule has 1 N–H and O–H groups in total. The van der Waals surface area contributed by atoms with Crippen molar-refractivity contribution in [2.24, 2.45) is 0 Å². The van der Waals surface area contributed by atoms with Crippen molar-refractivity contribution in [2.75, 3.05) is 0 Å². The second-order valence-electron chi connectivity index (χ2n) is 5.30. The molecule has 0 fully saturated rings. The summed E-state index contributed by atoms with van der Waals surface area (Å²) in [6.07, 6.45) is 3.23. The van der Waals surface area contributed by atoms with Crippen LogP contribution in [0.3, 0.4) is 0 Å². The minimum Gasteiger partial charge on any atom is -0.419 e. The molecule has 1 aromatic carbocycles. The van der Waals surface area contributed by atoms with E-state index in [0.29, 0.717) is 5.89 Å². The van der Waals surface area contributed by atoms with E-state index in [1.54, 1.807) is 36.7 Å². The smallest absolute Gasteiger partial charge is 0.247 e. The van der Waals surface area contributed by atoms with Crippen LogP contribution < -0.4 is 4.72 Å². The third kappa shape index (κ3) is 4.24. The van der Waals surface area contributed by atoms with E-state index >= 15 is 0 Å². The molecule has 2 aromatic heterocycles. The molecule has 24 heavy (non-hydrogen) atoms. The first kappa shape index (κ1) is 16.3. The molecule has 124 valence electrons. The van der Waals surface area contributed by atoms with Crippen LogP contribution in [0.25, 0.3) is 11.5 Å². The topological polar surface area (TPSA) is 98.0 Å². The van der Waals surface area contributed by atoms with Crippen LogP contribution in [0.2, 0.25) is 0 Å². The van der Waals surface area contributed by atoms with Crippen LogP contribution >= 0.6 is 0 Å². The number of aryl methyl sites for hydroxylation is 1. The molecule has 0 atom stereocenters. The molecule has 0 aliphatic carbocycles. The molecule has 7 nitrogen and oxygen atoms in total. The maximum absolute atomic E-state index is 12.1. The predicted molar refractivity (Wildman–Crippen MR) is 88.2 cm³/mol. The fraction of sp³-hybridized carbons (Fsp3) is 0.188. The quantitative estimate of drug-likeness (QED) is 0.735. The van der Waals surface area contributed by atoms with Crippen molar-refractivity contribution in [3.05, 3.63) is 65.8 Å². The number of pyridine rings is 1. The van der Waals surface area contributed by atoms with Crippen LogP contribution in [0, 0.1) is 6.92 Å². The molecule has 0 unspecified atom stereocenters. The Morgan fingerprint density at radius 2 is 1.75 bits per heavy atom. The Morgan fingerprint density at radius 1 is 1.04 bits per heavy atom. The first-order chi connectivity index (χ1) is 11.5.